The van der Waals surface area contributed by atoms with Crippen LogP contribution in [0.3, 0.4) is 0 Å². The third kappa shape index (κ3) is 4.11. The minimum atomic E-state index is -0.849. The number of nitriles is 1. The summed E-state index contributed by atoms with van der Waals surface area (Å²) < 4.78 is 9.56. The minimum absolute atomic E-state index is 0.0616. The van der Waals surface area contributed by atoms with Crippen LogP contribution in [0.2, 0.25) is 0 Å². The summed E-state index contributed by atoms with van der Waals surface area (Å²) in [4.78, 5) is 23.7. The lowest BCUT2D eigenvalue weighted by atomic mass is 10.2. The van der Waals surface area contributed by atoms with Gasteiger partial charge in [0.1, 0.15) is 6.07 Å². The predicted molar refractivity (Wildman–Crippen MR) is 77.9 cm³/mol. The number of esters is 2. The summed E-state index contributed by atoms with van der Waals surface area (Å²) in [5.74, 6) is -0.725. The van der Waals surface area contributed by atoms with Crippen molar-refractivity contribution >= 4 is 23.7 Å². The lowest BCUT2D eigenvalue weighted by Gasteiger charge is -2.26. The Bertz CT molecular complexity index is 528. The molecule has 10 heteroatoms. The first-order valence-electron chi connectivity index (χ1n) is 6.44. The van der Waals surface area contributed by atoms with E-state index in [0.717, 1.165) is 7.11 Å². The molecule has 9 nitrogen and oxygen atoms in total. The van der Waals surface area contributed by atoms with Gasteiger partial charge < -0.3 is 9.47 Å². The number of hydrogen-bond donors (Lipinski definition) is 1. The number of nitrogens with one attached hydrogen (secondary N) is 1. The van der Waals surface area contributed by atoms with Gasteiger partial charge in [0.2, 0.25) is 0 Å². The number of thioether (sulfide) groups is 1. The Morgan fingerprint density at radius 1 is 1.55 bits per heavy atom. The van der Waals surface area contributed by atoms with Crippen LogP contribution in [0.4, 0.5) is 0 Å². The number of ether oxygens (including phenoxy) is 2. The Morgan fingerprint density at radius 3 is 2.82 bits per heavy atom. The topological polar surface area (TPSA) is 116 Å². The van der Waals surface area contributed by atoms with E-state index in [-0.39, 0.29) is 18.0 Å². The number of nitrogens with zero attached hydrogens (tertiary/aromatic N) is 4. The monoisotopic (exact) mass is 327 g/mol. The summed E-state index contributed by atoms with van der Waals surface area (Å²) in [6.07, 6.45) is 2.34. The molecule has 0 amide bonds. The van der Waals surface area contributed by atoms with Gasteiger partial charge in [-0.3, -0.25) is 0 Å². The maximum absolute atomic E-state index is 12.1. The van der Waals surface area contributed by atoms with E-state index in [1.165, 1.54) is 5.01 Å². The molecular formula is C12H17N5O4S. The van der Waals surface area contributed by atoms with Crippen molar-refractivity contribution < 1.29 is 19.1 Å². The lowest BCUT2D eigenvalue weighted by Crippen LogP contribution is -2.46. The van der Waals surface area contributed by atoms with E-state index in [0.29, 0.717) is 12.2 Å². The second kappa shape index (κ2) is 8.89. The molecule has 1 aliphatic heterocycles. The van der Waals surface area contributed by atoms with E-state index in [1.807, 2.05) is 6.26 Å². The second-order valence-electron chi connectivity index (χ2n) is 4.02. The largest absolute Gasteiger partial charge is 0.465 e. The average molecular weight is 327 g/mol. The van der Waals surface area contributed by atoms with Gasteiger partial charge in [-0.1, -0.05) is 5.22 Å². The van der Waals surface area contributed by atoms with E-state index in [1.54, 1.807) is 24.8 Å². The Balaban J connectivity index is 3.12. The SMILES string of the molecule is CCOC(=O)C(CCSC)N1NN=N/C1=C(/C#N)C(=O)OC. The first kappa shape index (κ1) is 17.8. The highest BCUT2D eigenvalue weighted by Crippen LogP contribution is 2.22. The molecule has 0 saturated heterocycles. The van der Waals surface area contributed by atoms with E-state index in [2.05, 4.69) is 20.6 Å². The zero-order valence-corrected chi connectivity index (χ0v) is 13.3. The summed E-state index contributed by atoms with van der Waals surface area (Å²) in [5, 5.41) is 17.7. The van der Waals surface area contributed by atoms with E-state index in [9.17, 15) is 9.59 Å². The van der Waals surface area contributed by atoms with Crippen LogP contribution >= 0.6 is 11.8 Å². The lowest BCUT2D eigenvalue weighted by molar-refractivity contribution is -0.150. The Kier molecular flexibility index (Phi) is 7.18. The van der Waals surface area contributed by atoms with Gasteiger partial charge in [0.15, 0.2) is 17.4 Å². The maximum atomic E-state index is 12.1. The summed E-state index contributed by atoms with van der Waals surface area (Å²) in [7, 11) is 1.15. The van der Waals surface area contributed by atoms with E-state index >= 15 is 0 Å². The molecule has 0 aromatic heterocycles. The fourth-order valence-electron chi connectivity index (χ4n) is 1.71. The molecule has 0 aliphatic carbocycles. The summed E-state index contributed by atoms with van der Waals surface area (Å²) in [6, 6.07) is 0.960. The van der Waals surface area contributed by atoms with Crippen molar-refractivity contribution in [3.05, 3.63) is 11.4 Å². The number of methoxy groups -OCH3 is 1. The summed E-state index contributed by atoms with van der Waals surface area (Å²) >= 11 is 1.55. The van der Waals surface area contributed by atoms with Crippen molar-refractivity contribution in [3.8, 4) is 6.07 Å². The molecule has 0 aromatic carbocycles. The molecule has 0 aromatic rings. The summed E-state index contributed by atoms with van der Waals surface area (Å²) in [6.45, 7) is 1.92. The number of carbonyl (C=O) groups excluding carboxylic acids is 2. The van der Waals surface area contributed by atoms with Crippen molar-refractivity contribution in [1.82, 2.24) is 10.5 Å². The van der Waals surface area contributed by atoms with Crippen molar-refractivity contribution in [3.63, 3.8) is 0 Å². The van der Waals surface area contributed by atoms with E-state index in [4.69, 9.17) is 10.00 Å². The van der Waals surface area contributed by atoms with Gasteiger partial charge >= 0.3 is 11.9 Å². The predicted octanol–water partition coefficient (Wildman–Crippen LogP) is 0.767. The highest BCUT2D eigenvalue weighted by molar-refractivity contribution is 7.98. The van der Waals surface area contributed by atoms with Gasteiger partial charge in [-0.2, -0.15) is 22.6 Å². The number of hydrazine groups is 1. The molecule has 1 heterocycles. The summed E-state index contributed by atoms with van der Waals surface area (Å²) in [5.41, 5.74) is 2.18. The molecule has 1 aliphatic rings. The Morgan fingerprint density at radius 2 is 2.27 bits per heavy atom. The molecule has 0 saturated carbocycles. The fraction of sp³-hybridized carbons (Fsp3) is 0.583. The van der Waals surface area contributed by atoms with Crippen molar-refractivity contribution in [2.45, 2.75) is 19.4 Å². The zero-order chi connectivity index (χ0) is 16.5. The quantitative estimate of drug-likeness (QED) is 0.414. The third-order valence-electron chi connectivity index (χ3n) is 2.72. The number of rotatable bonds is 7. The Labute approximate surface area is 132 Å². The van der Waals surface area contributed by atoms with Crippen LogP contribution in [0, 0.1) is 11.3 Å². The molecule has 1 N–H and O–H groups in total. The smallest absolute Gasteiger partial charge is 0.352 e. The molecule has 22 heavy (non-hydrogen) atoms. The van der Waals surface area contributed by atoms with Crippen LogP contribution in [0.5, 0.6) is 0 Å². The Hall–Kier alpha value is -2.28. The minimum Gasteiger partial charge on any atom is -0.465 e. The molecule has 0 spiro atoms. The highest BCUT2D eigenvalue weighted by atomic mass is 32.2. The van der Waals surface area contributed by atoms with Gasteiger partial charge in [0.25, 0.3) is 0 Å². The molecule has 1 rings (SSSR count). The van der Waals surface area contributed by atoms with Crippen LogP contribution in [0.1, 0.15) is 13.3 Å². The first-order chi connectivity index (χ1) is 10.6. The molecule has 0 bridgehead atoms. The van der Waals surface area contributed by atoms with Gasteiger partial charge in [-0.25, -0.2) is 14.6 Å². The van der Waals surface area contributed by atoms with E-state index < -0.39 is 18.0 Å². The van der Waals surface area contributed by atoms with Crippen molar-refractivity contribution in [1.29, 1.82) is 5.26 Å². The van der Waals surface area contributed by atoms with Crippen LogP contribution in [0.15, 0.2) is 21.7 Å². The molecule has 0 radical (unpaired) electrons. The van der Waals surface area contributed by atoms with Crippen molar-refractivity contribution in [2.75, 3.05) is 25.7 Å². The fourth-order valence-corrected chi connectivity index (χ4v) is 2.17. The van der Waals surface area contributed by atoms with Gasteiger partial charge in [0.05, 0.1) is 13.7 Å². The van der Waals surface area contributed by atoms with Gasteiger partial charge in [-0.05, 0) is 25.4 Å². The molecular weight excluding hydrogens is 310 g/mol. The molecule has 1 atom stereocenters. The normalized spacial score (nSPS) is 16.5. The maximum Gasteiger partial charge on any atom is 0.352 e. The first-order valence-corrected chi connectivity index (χ1v) is 7.83. The zero-order valence-electron chi connectivity index (χ0n) is 12.5. The van der Waals surface area contributed by atoms with Crippen LogP contribution in [-0.2, 0) is 19.1 Å². The highest BCUT2D eigenvalue weighted by Gasteiger charge is 2.35. The van der Waals surface area contributed by atoms with Crippen LogP contribution in [-0.4, -0.2) is 48.7 Å². The molecule has 120 valence electrons. The van der Waals surface area contributed by atoms with Crippen LogP contribution in [0.25, 0.3) is 0 Å². The van der Waals surface area contributed by atoms with Gasteiger partial charge in [-0.15, -0.1) is 5.11 Å². The third-order valence-corrected chi connectivity index (χ3v) is 3.36. The second-order valence-corrected chi connectivity index (χ2v) is 5.01. The number of hydrogen-bond acceptors (Lipinski definition) is 10. The van der Waals surface area contributed by atoms with Crippen molar-refractivity contribution in [2.24, 2.45) is 10.3 Å². The molecule has 1 unspecified atom stereocenters. The molecule has 0 fully saturated rings. The standard InChI is InChI=1S/C12H17N5O4S/c1-4-21-12(19)9(5-6-22-3)17-10(14-15-16-17)8(7-13)11(18)20-2/h9H,4-6H2,1-3H3,(H,14,16)/b10-8+. The van der Waals surface area contributed by atoms with Crippen LogP contribution < -0.4 is 5.53 Å². The number of carbonyl (C=O) groups is 2. The van der Waals surface area contributed by atoms with Gasteiger partial charge in [0, 0.05) is 0 Å². The average Bonchev–Trinajstić information content (AvgIpc) is 2.97.